The van der Waals surface area contributed by atoms with Crippen molar-refractivity contribution in [3.8, 4) is 5.75 Å². The van der Waals surface area contributed by atoms with E-state index in [0.717, 1.165) is 12.6 Å². The Morgan fingerprint density at radius 2 is 2.00 bits per heavy atom. The molecule has 22 heavy (non-hydrogen) atoms. The van der Waals surface area contributed by atoms with E-state index < -0.39 is 11.7 Å². The first-order valence-electron chi connectivity index (χ1n) is 7.23. The van der Waals surface area contributed by atoms with Crippen molar-refractivity contribution in [2.75, 3.05) is 26.2 Å². The van der Waals surface area contributed by atoms with Crippen LogP contribution in [0.4, 0.5) is 13.2 Å². The smallest absolute Gasteiger partial charge is 0.419 e. The van der Waals surface area contributed by atoms with Crippen LogP contribution in [0.15, 0.2) is 24.3 Å². The molecule has 122 valence electrons. The molecular formula is C15H19F3N2O2. The normalized spacial score (nSPS) is 14.7. The molecule has 0 bridgehead atoms. The minimum Gasteiger partial charge on any atom is -0.491 e. The standard InChI is InChI=1S/C15H19F3N2O2/c16-15(17,18)12-3-1-2-4-13(12)22-8-7-20-14(21)10-19-9-11-5-6-11/h1-4,11,19H,5-10H2,(H,20,21). The molecule has 1 aromatic carbocycles. The van der Waals surface area contributed by atoms with Gasteiger partial charge in [0.05, 0.1) is 18.7 Å². The maximum Gasteiger partial charge on any atom is 0.419 e. The molecule has 1 amide bonds. The van der Waals surface area contributed by atoms with Crippen molar-refractivity contribution in [3.05, 3.63) is 29.8 Å². The van der Waals surface area contributed by atoms with E-state index in [2.05, 4.69) is 10.6 Å². The number of halogens is 3. The van der Waals surface area contributed by atoms with E-state index >= 15 is 0 Å². The fourth-order valence-electron chi connectivity index (χ4n) is 1.95. The van der Waals surface area contributed by atoms with Gasteiger partial charge in [0.2, 0.25) is 5.91 Å². The monoisotopic (exact) mass is 316 g/mol. The van der Waals surface area contributed by atoms with Gasteiger partial charge in [-0.15, -0.1) is 0 Å². The molecule has 1 aromatic rings. The first-order chi connectivity index (χ1) is 10.5. The molecule has 0 aliphatic heterocycles. The third-order valence-corrected chi connectivity index (χ3v) is 3.29. The Balaban J connectivity index is 1.66. The molecule has 1 saturated carbocycles. The van der Waals surface area contributed by atoms with Crippen molar-refractivity contribution in [2.24, 2.45) is 5.92 Å². The predicted molar refractivity (Wildman–Crippen MR) is 75.5 cm³/mol. The Morgan fingerprint density at radius 3 is 2.68 bits per heavy atom. The van der Waals surface area contributed by atoms with Crippen LogP contribution in [-0.2, 0) is 11.0 Å². The second kappa shape index (κ2) is 7.49. The molecule has 4 nitrogen and oxygen atoms in total. The minimum absolute atomic E-state index is 0.0124. The summed E-state index contributed by atoms with van der Waals surface area (Å²) < 4.78 is 43.3. The first-order valence-corrected chi connectivity index (χ1v) is 7.23. The molecule has 0 heterocycles. The molecular weight excluding hydrogens is 297 g/mol. The second-order valence-corrected chi connectivity index (χ2v) is 5.27. The lowest BCUT2D eigenvalue weighted by Crippen LogP contribution is -2.36. The summed E-state index contributed by atoms with van der Waals surface area (Å²) in [6.07, 6.45) is -2.03. The first kappa shape index (κ1) is 16.6. The Kier molecular flexibility index (Phi) is 5.65. The van der Waals surface area contributed by atoms with Gasteiger partial charge in [0.25, 0.3) is 0 Å². The zero-order valence-electron chi connectivity index (χ0n) is 12.1. The van der Waals surface area contributed by atoms with E-state index in [0.29, 0.717) is 5.92 Å². The number of carbonyl (C=O) groups is 1. The van der Waals surface area contributed by atoms with Crippen molar-refractivity contribution in [1.29, 1.82) is 0 Å². The number of amides is 1. The highest BCUT2D eigenvalue weighted by atomic mass is 19.4. The summed E-state index contributed by atoms with van der Waals surface area (Å²) in [6, 6.07) is 5.02. The number of carbonyl (C=O) groups excluding carboxylic acids is 1. The Morgan fingerprint density at radius 1 is 1.27 bits per heavy atom. The topological polar surface area (TPSA) is 50.4 Å². The maximum absolute atomic E-state index is 12.7. The van der Waals surface area contributed by atoms with E-state index in [4.69, 9.17) is 4.74 Å². The van der Waals surface area contributed by atoms with Crippen LogP contribution >= 0.6 is 0 Å². The average Bonchev–Trinajstić information content (AvgIpc) is 3.27. The summed E-state index contributed by atoms with van der Waals surface area (Å²) >= 11 is 0. The number of benzene rings is 1. The van der Waals surface area contributed by atoms with Gasteiger partial charge in [-0.25, -0.2) is 0 Å². The van der Waals surface area contributed by atoms with Crippen LogP contribution < -0.4 is 15.4 Å². The van der Waals surface area contributed by atoms with E-state index in [-0.39, 0.29) is 31.4 Å². The van der Waals surface area contributed by atoms with Crippen LogP contribution in [0.1, 0.15) is 18.4 Å². The van der Waals surface area contributed by atoms with Crippen molar-refractivity contribution in [3.63, 3.8) is 0 Å². The lowest BCUT2D eigenvalue weighted by atomic mass is 10.2. The zero-order chi connectivity index (χ0) is 16.0. The maximum atomic E-state index is 12.7. The lowest BCUT2D eigenvalue weighted by molar-refractivity contribution is -0.139. The molecule has 1 aliphatic rings. The number of para-hydroxylation sites is 1. The van der Waals surface area contributed by atoms with Gasteiger partial charge in [-0.05, 0) is 37.4 Å². The fourth-order valence-corrected chi connectivity index (χ4v) is 1.95. The van der Waals surface area contributed by atoms with Gasteiger partial charge in [-0.2, -0.15) is 13.2 Å². The molecule has 0 radical (unpaired) electrons. The molecule has 2 rings (SSSR count). The van der Waals surface area contributed by atoms with Crippen LogP contribution in [-0.4, -0.2) is 32.1 Å². The van der Waals surface area contributed by atoms with E-state index in [9.17, 15) is 18.0 Å². The number of alkyl halides is 3. The van der Waals surface area contributed by atoms with Gasteiger partial charge >= 0.3 is 6.18 Å². The minimum atomic E-state index is -4.45. The number of hydrogen-bond acceptors (Lipinski definition) is 3. The predicted octanol–water partition coefficient (Wildman–Crippen LogP) is 2.20. The molecule has 7 heteroatoms. The van der Waals surface area contributed by atoms with Crippen LogP contribution in [0.5, 0.6) is 5.75 Å². The van der Waals surface area contributed by atoms with E-state index in [1.165, 1.54) is 31.0 Å². The molecule has 0 unspecified atom stereocenters. The van der Waals surface area contributed by atoms with E-state index in [1.54, 1.807) is 0 Å². The Hall–Kier alpha value is -1.76. The average molecular weight is 316 g/mol. The summed E-state index contributed by atoms with van der Waals surface area (Å²) in [7, 11) is 0. The van der Waals surface area contributed by atoms with E-state index in [1.807, 2.05) is 0 Å². The zero-order valence-corrected chi connectivity index (χ0v) is 12.1. The van der Waals surface area contributed by atoms with Gasteiger partial charge < -0.3 is 15.4 Å². The molecule has 0 saturated heterocycles. The highest BCUT2D eigenvalue weighted by Crippen LogP contribution is 2.35. The highest BCUT2D eigenvalue weighted by Gasteiger charge is 2.33. The second-order valence-electron chi connectivity index (χ2n) is 5.27. The molecule has 0 aromatic heterocycles. The van der Waals surface area contributed by atoms with Crippen molar-refractivity contribution in [1.82, 2.24) is 10.6 Å². The lowest BCUT2D eigenvalue weighted by Gasteiger charge is -2.14. The molecule has 0 atom stereocenters. The number of nitrogens with one attached hydrogen (secondary N) is 2. The fraction of sp³-hybridized carbons (Fsp3) is 0.533. The van der Waals surface area contributed by atoms with Crippen LogP contribution in [0.3, 0.4) is 0 Å². The summed E-state index contributed by atoms with van der Waals surface area (Å²) in [5, 5.41) is 5.63. The largest absolute Gasteiger partial charge is 0.491 e. The van der Waals surface area contributed by atoms with Crippen LogP contribution in [0.2, 0.25) is 0 Å². The van der Waals surface area contributed by atoms with Crippen molar-refractivity contribution < 1.29 is 22.7 Å². The molecule has 1 aliphatic carbocycles. The Bertz CT molecular complexity index is 502. The van der Waals surface area contributed by atoms with Crippen molar-refractivity contribution >= 4 is 5.91 Å². The summed E-state index contributed by atoms with van der Waals surface area (Å²) in [4.78, 5) is 11.5. The third-order valence-electron chi connectivity index (χ3n) is 3.29. The van der Waals surface area contributed by atoms with Crippen LogP contribution in [0, 0.1) is 5.92 Å². The number of ether oxygens (including phenoxy) is 1. The Labute approximate surface area is 127 Å². The van der Waals surface area contributed by atoms with Gasteiger partial charge in [-0.3, -0.25) is 4.79 Å². The molecule has 2 N–H and O–H groups in total. The summed E-state index contributed by atoms with van der Waals surface area (Å²) in [5.41, 5.74) is -0.813. The molecule has 0 spiro atoms. The van der Waals surface area contributed by atoms with Crippen molar-refractivity contribution in [2.45, 2.75) is 19.0 Å². The van der Waals surface area contributed by atoms with Gasteiger partial charge in [0.1, 0.15) is 12.4 Å². The highest BCUT2D eigenvalue weighted by molar-refractivity contribution is 5.77. The summed E-state index contributed by atoms with van der Waals surface area (Å²) in [5.74, 6) is 0.277. The number of hydrogen-bond donors (Lipinski definition) is 2. The SMILES string of the molecule is O=C(CNCC1CC1)NCCOc1ccccc1C(F)(F)F. The van der Waals surface area contributed by atoms with Crippen LogP contribution in [0.25, 0.3) is 0 Å². The van der Waals surface area contributed by atoms with Gasteiger partial charge in [0, 0.05) is 0 Å². The third kappa shape index (κ3) is 5.55. The van der Waals surface area contributed by atoms with Gasteiger partial charge in [-0.1, -0.05) is 12.1 Å². The summed E-state index contributed by atoms with van der Waals surface area (Å²) in [6.45, 7) is 1.20. The quantitative estimate of drug-likeness (QED) is 0.723. The van der Waals surface area contributed by atoms with Gasteiger partial charge in [0.15, 0.2) is 0 Å². The number of rotatable bonds is 8. The molecule has 1 fully saturated rings.